The monoisotopic (exact) mass is 403 g/mol. The fourth-order valence-corrected chi connectivity index (χ4v) is 3.08. The number of amides is 1. The van der Waals surface area contributed by atoms with Crippen LogP contribution in [0.3, 0.4) is 0 Å². The first-order valence-corrected chi connectivity index (χ1v) is 11.9. The number of esters is 2. The predicted molar refractivity (Wildman–Crippen MR) is 102 cm³/mol. The molecule has 0 aliphatic carbocycles. The highest BCUT2D eigenvalue weighted by Gasteiger charge is 2.48. The Balaban J connectivity index is 3.00. The van der Waals surface area contributed by atoms with Crippen molar-refractivity contribution in [2.45, 2.75) is 77.9 Å². The number of rotatable bonds is 6. The molecule has 1 amide bonds. The van der Waals surface area contributed by atoms with Crippen molar-refractivity contribution >= 4 is 26.3 Å². The van der Waals surface area contributed by atoms with Gasteiger partial charge in [-0.1, -0.05) is 20.8 Å². The molecule has 1 N–H and O–H groups in total. The van der Waals surface area contributed by atoms with Gasteiger partial charge in [-0.3, -0.25) is 4.79 Å². The molecule has 1 fully saturated rings. The van der Waals surface area contributed by atoms with Crippen LogP contribution in [-0.2, 0) is 28.2 Å². The molecule has 0 aromatic carbocycles. The average molecular weight is 404 g/mol. The summed E-state index contributed by atoms with van der Waals surface area (Å²) in [6.07, 6.45) is -3.08. The quantitative estimate of drug-likeness (QED) is 0.413. The van der Waals surface area contributed by atoms with Gasteiger partial charge in [0.25, 0.3) is 0 Å². The molecule has 1 heterocycles. The fraction of sp³-hybridized carbons (Fsp3) is 0.833. The van der Waals surface area contributed by atoms with Gasteiger partial charge in [0.15, 0.2) is 14.4 Å². The van der Waals surface area contributed by atoms with Crippen molar-refractivity contribution in [3.05, 3.63) is 0 Å². The number of carbonyl (C=O) groups is 3. The Morgan fingerprint density at radius 2 is 1.74 bits per heavy atom. The molecule has 0 radical (unpaired) electrons. The van der Waals surface area contributed by atoms with E-state index < -0.39 is 50.0 Å². The molecule has 0 saturated carbocycles. The summed E-state index contributed by atoms with van der Waals surface area (Å²) in [7, 11) is -0.901. The van der Waals surface area contributed by atoms with Crippen LogP contribution >= 0.6 is 0 Å². The van der Waals surface area contributed by atoms with E-state index in [1.165, 1.54) is 7.11 Å². The number of hydrogen-bond donors (Lipinski definition) is 1. The van der Waals surface area contributed by atoms with Gasteiger partial charge in [0, 0.05) is 0 Å². The lowest BCUT2D eigenvalue weighted by atomic mass is 9.97. The predicted octanol–water partition coefficient (Wildman–Crippen LogP) is 2.62. The first-order valence-electron chi connectivity index (χ1n) is 9.00. The molecule has 0 unspecified atom stereocenters. The second kappa shape index (κ2) is 8.18. The smallest absolute Gasteiger partial charge is 0.408 e. The van der Waals surface area contributed by atoms with Crippen LogP contribution in [-0.4, -0.2) is 58.3 Å². The number of ether oxygens (including phenoxy) is 3. The lowest BCUT2D eigenvalue weighted by Crippen LogP contribution is -2.51. The van der Waals surface area contributed by atoms with Crippen molar-refractivity contribution in [2.24, 2.45) is 5.41 Å². The third-order valence-corrected chi connectivity index (χ3v) is 9.45. The van der Waals surface area contributed by atoms with Gasteiger partial charge in [0.2, 0.25) is 6.10 Å². The highest BCUT2D eigenvalue weighted by molar-refractivity contribution is 6.74. The summed E-state index contributed by atoms with van der Waals surface area (Å²) in [5.41, 5.74) is -0.824. The number of hydrogen-bond acceptors (Lipinski definition) is 7. The lowest BCUT2D eigenvalue weighted by Gasteiger charge is -2.37. The van der Waals surface area contributed by atoms with Crippen LogP contribution in [0.15, 0.2) is 0 Å². The minimum absolute atomic E-state index is 0.0214. The van der Waals surface area contributed by atoms with Gasteiger partial charge in [-0.25, -0.2) is 9.59 Å². The molecule has 0 aromatic rings. The maximum Gasteiger partial charge on any atom is 0.408 e. The zero-order valence-corrected chi connectivity index (χ0v) is 18.8. The molecule has 1 aliphatic rings. The standard InChI is InChI=1S/C18H33NO7Si/c1-17(2,3)15(21)25-13(14(20)23-7)12-11(19-16(22)26-12)10-24-27(8,9)18(4,5)6/h11-13H,10H2,1-9H3,(H,19,22)/t11-,12+,13+/m1/s1. The molecule has 3 atom stereocenters. The summed E-state index contributed by atoms with van der Waals surface area (Å²) in [4.78, 5) is 36.3. The van der Waals surface area contributed by atoms with Gasteiger partial charge in [-0.2, -0.15) is 0 Å². The Kier molecular flexibility index (Phi) is 7.10. The maximum atomic E-state index is 12.3. The van der Waals surface area contributed by atoms with Gasteiger partial charge in [0.1, 0.15) is 0 Å². The molecule has 1 rings (SSSR count). The van der Waals surface area contributed by atoms with Crippen molar-refractivity contribution in [1.29, 1.82) is 0 Å². The number of carbonyl (C=O) groups excluding carboxylic acids is 3. The normalized spacial score (nSPS) is 21.9. The molecule has 156 valence electrons. The number of alkyl carbamates (subject to hydrolysis) is 1. The van der Waals surface area contributed by atoms with Crippen LogP contribution in [0.5, 0.6) is 0 Å². The minimum Gasteiger partial charge on any atom is -0.466 e. The molecule has 0 aromatic heterocycles. The summed E-state index contributed by atoms with van der Waals surface area (Å²) >= 11 is 0. The number of cyclic esters (lactones) is 1. The van der Waals surface area contributed by atoms with Crippen LogP contribution < -0.4 is 5.32 Å². The van der Waals surface area contributed by atoms with Crippen LogP contribution in [0.1, 0.15) is 41.5 Å². The van der Waals surface area contributed by atoms with E-state index in [0.29, 0.717) is 0 Å². The van der Waals surface area contributed by atoms with E-state index in [1.807, 2.05) is 0 Å². The highest BCUT2D eigenvalue weighted by Crippen LogP contribution is 2.37. The summed E-state index contributed by atoms with van der Waals surface area (Å²) in [6, 6.07) is -0.636. The fourth-order valence-electron chi connectivity index (χ4n) is 2.05. The van der Waals surface area contributed by atoms with E-state index in [1.54, 1.807) is 20.8 Å². The molecule has 0 bridgehead atoms. The van der Waals surface area contributed by atoms with Crippen LogP contribution in [0, 0.1) is 5.41 Å². The zero-order chi connectivity index (χ0) is 21.2. The van der Waals surface area contributed by atoms with Crippen LogP contribution in [0.2, 0.25) is 18.1 Å². The SMILES string of the molecule is COC(=O)[C@@H](OC(=O)C(C)(C)C)[C@H]1OC(=O)N[C@@H]1CO[Si](C)(C)C(C)(C)C. The molecule has 9 heteroatoms. The summed E-state index contributed by atoms with van der Waals surface area (Å²) < 4.78 is 21.5. The number of nitrogens with one attached hydrogen (secondary N) is 1. The average Bonchev–Trinajstić information content (AvgIpc) is 2.88. The highest BCUT2D eigenvalue weighted by atomic mass is 28.4. The van der Waals surface area contributed by atoms with E-state index in [0.717, 1.165) is 0 Å². The second-order valence-electron chi connectivity index (χ2n) is 9.29. The van der Waals surface area contributed by atoms with Crippen molar-refractivity contribution in [2.75, 3.05) is 13.7 Å². The zero-order valence-electron chi connectivity index (χ0n) is 17.8. The van der Waals surface area contributed by atoms with Crippen LogP contribution in [0.25, 0.3) is 0 Å². The maximum absolute atomic E-state index is 12.3. The second-order valence-corrected chi connectivity index (χ2v) is 14.1. The van der Waals surface area contributed by atoms with Gasteiger partial charge in [0.05, 0.1) is 25.2 Å². The third kappa shape index (κ3) is 5.93. The van der Waals surface area contributed by atoms with Gasteiger partial charge < -0.3 is 24.0 Å². The molecular weight excluding hydrogens is 370 g/mol. The van der Waals surface area contributed by atoms with Crippen LogP contribution in [0.4, 0.5) is 4.79 Å². The van der Waals surface area contributed by atoms with E-state index in [9.17, 15) is 14.4 Å². The number of methoxy groups -OCH3 is 1. The van der Waals surface area contributed by atoms with Crippen molar-refractivity contribution in [1.82, 2.24) is 5.32 Å². The molecule has 0 spiro atoms. The van der Waals surface area contributed by atoms with E-state index in [-0.39, 0.29) is 11.6 Å². The Morgan fingerprint density at radius 3 is 2.19 bits per heavy atom. The first-order chi connectivity index (χ1) is 12.1. The summed E-state index contributed by atoms with van der Waals surface area (Å²) in [5.74, 6) is -1.38. The largest absolute Gasteiger partial charge is 0.466 e. The van der Waals surface area contributed by atoms with E-state index >= 15 is 0 Å². The topological polar surface area (TPSA) is 100 Å². The van der Waals surface area contributed by atoms with Gasteiger partial charge in [-0.15, -0.1) is 0 Å². The Morgan fingerprint density at radius 1 is 1.19 bits per heavy atom. The molecule has 8 nitrogen and oxygen atoms in total. The molecule has 1 saturated heterocycles. The lowest BCUT2D eigenvalue weighted by molar-refractivity contribution is -0.178. The Hall–Kier alpha value is -1.61. The van der Waals surface area contributed by atoms with Crippen molar-refractivity contribution < 1.29 is 33.0 Å². The van der Waals surface area contributed by atoms with Crippen molar-refractivity contribution in [3.8, 4) is 0 Å². The van der Waals surface area contributed by atoms with Crippen molar-refractivity contribution in [3.63, 3.8) is 0 Å². The molecule has 1 aliphatic heterocycles. The summed E-state index contributed by atoms with van der Waals surface area (Å²) in [6.45, 7) is 15.6. The third-order valence-electron chi connectivity index (χ3n) is 4.95. The minimum atomic E-state index is -2.09. The molecular formula is C18H33NO7Si. The van der Waals surface area contributed by atoms with E-state index in [2.05, 4.69) is 39.2 Å². The Bertz CT molecular complexity index is 577. The van der Waals surface area contributed by atoms with Gasteiger partial charge in [-0.05, 0) is 38.9 Å². The summed E-state index contributed by atoms with van der Waals surface area (Å²) in [5, 5.41) is 2.61. The van der Waals surface area contributed by atoms with E-state index in [4.69, 9.17) is 18.6 Å². The molecule has 27 heavy (non-hydrogen) atoms. The van der Waals surface area contributed by atoms with Gasteiger partial charge >= 0.3 is 18.0 Å². The first kappa shape index (κ1) is 23.4. The Labute approximate surface area is 162 Å².